The molecule has 1 heterocycles. The first kappa shape index (κ1) is 11.5. The van der Waals surface area contributed by atoms with E-state index in [1.54, 1.807) is 0 Å². The Hall–Kier alpha value is -1.03. The second-order valence-corrected chi connectivity index (χ2v) is 5.74. The van der Waals surface area contributed by atoms with Gasteiger partial charge in [-0.05, 0) is 40.0 Å². The first-order valence-electron chi connectivity index (χ1n) is 5.92. The van der Waals surface area contributed by atoms with E-state index in [0.717, 1.165) is 25.0 Å². The Morgan fingerprint density at radius 1 is 1.44 bits per heavy atom. The number of rotatable bonds is 1. The highest BCUT2D eigenvalue weighted by atomic mass is 16.3. The molecule has 1 fully saturated rings. The molecule has 0 bridgehead atoms. The highest BCUT2D eigenvalue weighted by molar-refractivity contribution is 5.34. The van der Waals surface area contributed by atoms with Crippen molar-refractivity contribution in [2.45, 2.75) is 57.6 Å². The van der Waals surface area contributed by atoms with E-state index in [9.17, 15) is 5.11 Å². The zero-order valence-electron chi connectivity index (χ0n) is 10.3. The molecule has 2 rings (SSSR count). The number of hydrogen-bond acceptors (Lipinski definition) is 3. The van der Waals surface area contributed by atoms with E-state index in [1.807, 2.05) is 10.7 Å². The Morgan fingerprint density at radius 2 is 2.12 bits per heavy atom. The number of aliphatic hydroxyl groups excluding tert-OH is 1. The second kappa shape index (κ2) is 3.77. The van der Waals surface area contributed by atoms with E-state index < -0.39 is 0 Å². The van der Waals surface area contributed by atoms with Crippen molar-refractivity contribution in [1.82, 2.24) is 9.78 Å². The highest BCUT2D eigenvalue weighted by Gasteiger charge is 2.28. The average Bonchev–Trinajstić information content (AvgIpc) is 2.70. The van der Waals surface area contributed by atoms with Crippen molar-refractivity contribution in [2.24, 2.45) is 0 Å². The molecule has 0 amide bonds. The fourth-order valence-corrected chi connectivity index (χ4v) is 2.38. The van der Waals surface area contributed by atoms with Crippen LogP contribution in [-0.4, -0.2) is 21.0 Å². The van der Waals surface area contributed by atoms with Crippen molar-refractivity contribution in [2.75, 3.05) is 5.73 Å². The average molecular weight is 223 g/mol. The highest BCUT2D eigenvalue weighted by Crippen LogP contribution is 2.35. The summed E-state index contributed by atoms with van der Waals surface area (Å²) < 4.78 is 1.87. The molecule has 4 nitrogen and oxygen atoms in total. The SMILES string of the molecule is CC(C)(C)n1nc([C@@H]2CC[C@H](O)C2)cc1N. The summed E-state index contributed by atoms with van der Waals surface area (Å²) in [5.41, 5.74) is 6.92. The molecule has 0 aliphatic heterocycles. The molecule has 0 saturated heterocycles. The third kappa shape index (κ3) is 2.07. The Morgan fingerprint density at radius 3 is 2.56 bits per heavy atom. The van der Waals surface area contributed by atoms with Crippen molar-refractivity contribution in [3.05, 3.63) is 11.8 Å². The Bertz CT molecular complexity index is 378. The van der Waals surface area contributed by atoms with Crippen LogP contribution < -0.4 is 5.73 Å². The maximum atomic E-state index is 9.53. The van der Waals surface area contributed by atoms with Gasteiger partial charge in [-0.3, -0.25) is 0 Å². The summed E-state index contributed by atoms with van der Waals surface area (Å²) in [5, 5.41) is 14.1. The third-order valence-electron chi connectivity index (χ3n) is 3.21. The van der Waals surface area contributed by atoms with Gasteiger partial charge < -0.3 is 10.8 Å². The summed E-state index contributed by atoms with van der Waals surface area (Å²) in [5.74, 6) is 1.09. The van der Waals surface area contributed by atoms with E-state index in [4.69, 9.17) is 5.73 Å². The zero-order valence-corrected chi connectivity index (χ0v) is 10.3. The van der Waals surface area contributed by atoms with E-state index in [1.165, 1.54) is 0 Å². The van der Waals surface area contributed by atoms with Crippen LogP contribution in [0, 0.1) is 0 Å². The minimum Gasteiger partial charge on any atom is -0.393 e. The minimum absolute atomic E-state index is 0.0838. The van der Waals surface area contributed by atoms with Crippen molar-refractivity contribution in [3.63, 3.8) is 0 Å². The molecule has 3 N–H and O–H groups in total. The lowest BCUT2D eigenvalue weighted by Crippen LogP contribution is -2.24. The predicted octanol–water partition coefficient (Wildman–Crippen LogP) is 1.85. The van der Waals surface area contributed by atoms with Crippen LogP contribution in [0.4, 0.5) is 5.82 Å². The normalized spacial score (nSPS) is 26.2. The van der Waals surface area contributed by atoms with E-state index in [0.29, 0.717) is 11.7 Å². The fraction of sp³-hybridized carbons (Fsp3) is 0.750. The van der Waals surface area contributed by atoms with Crippen LogP contribution in [0.15, 0.2) is 6.07 Å². The lowest BCUT2D eigenvalue weighted by atomic mass is 10.0. The van der Waals surface area contributed by atoms with Gasteiger partial charge in [-0.1, -0.05) is 0 Å². The number of anilines is 1. The van der Waals surface area contributed by atoms with Gasteiger partial charge in [-0.25, -0.2) is 4.68 Å². The smallest absolute Gasteiger partial charge is 0.122 e. The molecule has 16 heavy (non-hydrogen) atoms. The number of nitrogens with zero attached hydrogens (tertiary/aromatic N) is 2. The summed E-state index contributed by atoms with van der Waals surface area (Å²) in [6, 6.07) is 1.95. The first-order chi connectivity index (χ1) is 7.38. The summed E-state index contributed by atoms with van der Waals surface area (Å²) in [4.78, 5) is 0. The van der Waals surface area contributed by atoms with Crippen LogP contribution in [0.25, 0.3) is 0 Å². The third-order valence-corrected chi connectivity index (χ3v) is 3.21. The molecule has 0 radical (unpaired) electrons. The van der Waals surface area contributed by atoms with Gasteiger partial charge in [0.05, 0.1) is 17.3 Å². The molecule has 0 aromatic carbocycles. The Balaban J connectivity index is 2.24. The lowest BCUT2D eigenvalue weighted by molar-refractivity contribution is 0.181. The maximum Gasteiger partial charge on any atom is 0.122 e. The molecule has 1 aliphatic carbocycles. The predicted molar refractivity (Wildman–Crippen MR) is 64.2 cm³/mol. The van der Waals surface area contributed by atoms with Gasteiger partial charge in [-0.2, -0.15) is 5.10 Å². The van der Waals surface area contributed by atoms with Crippen molar-refractivity contribution >= 4 is 5.82 Å². The van der Waals surface area contributed by atoms with Crippen molar-refractivity contribution in [1.29, 1.82) is 0 Å². The van der Waals surface area contributed by atoms with Gasteiger partial charge in [0.25, 0.3) is 0 Å². The second-order valence-electron chi connectivity index (χ2n) is 5.74. The number of aliphatic hydroxyl groups is 1. The van der Waals surface area contributed by atoms with Crippen molar-refractivity contribution in [3.8, 4) is 0 Å². The molecule has 90 valence electrons. The Kier molecular flexibility index (Phi) is 2.70. The summed E-state index contributed by atoms with van der Waals surface area (Å²) in [7, 11) is 0. The molecular weight excluding hydrogens is 202 g/mol. The van der Waals surface area contributed by atoms with Crippen molar-refractivity contribution < 1.29 is 5.11 Å². The standard InChI is InChI=1S/C12H21N3O/c1-12(2,3)15-11(13)7-10(14-15)8-4-5-9(16)6-8/h7-9,16H,4-6,13H2,1-3H3/t8-,9+/m1/s1. The number of hydrogen-bond donors (Lipinski definition) is 2. The molecule has 1 aliphatic rings. The Labute approximate surface area is 96.5 Å². The summed E-state index contributed by atoms with van der Waals surface area (Å²) in [6.45, 7) is 6.26. The molecule has 0 spiro atoms. The number of aromatic nitrogens is 2. The van der Waals surface area contributed by atoms with Crippen LogP contribution in [0.1, 0.15) is 51.6 Å². The van der Waals surface area contributed by atoms with E-state index in [-0.39, 0.29) is 11.6 Å². The molecule has 0 unspecified atom stereocenters. The number of nitrogen functional groups attached to an aromatic ring is 1. The lowest BCUT2D eigenvalue weighted by Gasteiger charge is -2.20. The van der Waals surface area contributed by atoms with Crippen LogP contribution in [0.5, 0.6) is 0 Å². The summed E-state index contributed by atoms with van der Waals surface area (Å²) in [6.07, 6.45) is 2.56. The molecule has 2 atom stereocenters. The van der Waals surface area contributed by atoms with Gasteiger partial charge in [0, 0.05) is 12.0 Å². The number of nitrogens with two attached hydrogens (primary N) is 1. The summed E-state index contributed by atoms with van der Waals surface area (Å²) >= 11 is 0. The zero-order chi connectivity index (χ0) is 11.9. The van der Waals surface area contributed by atoms with Gasteiger partial charge in [-0.15, -0.1) is 0 Å². The van der Waals surface area contributed by atoms with Gasteiger partial charge in [0.1, 0.15) is 5.82 Å². The van der Waals surface area contributed by atoms with E-state index >= 15 is 0 Å². The van der Waals surface area contributed by atoms with Crippen LogP contribution >= 0.6 is 0 Å². The molecular formula is C12H21N3O. The van der Waals surface area contributed by atoms with Crippen LogP contribution in [0.3, 0.4) is 0 Å². The first-order valence-corrected chi connectivity index (χ1v) is 5.92. The van der Waals surface area contributed by atoms with Gasteiger partial charge in [0.15, 0.2) is 0 Å². The topological polar surface area (TPSA) is 64.1 Å². The van der Waals surface area contributed by atoms with Crippen LogP contribution in [0.2, 0.25) is 0 Å². The molecule has 4 heteroatoms. The molecule has 1 aromatic heterocycles. The maximum absolute atomic E-state index is 9.53. The van der Waals surface area contributed by atoms with Crippen LogP contribution in [-0.2, 0) is 5.54 Å². The quantitative estimate of drug-likeness (QED) is 0.763. The monoisotopic (exact) mass is 223 g/mol. The largest absolute Gasteiger partial charge is 0.393 e. The van der Waals surface area contributed by atoms with Gasteiger partial charge >= 0.3 is 0 Å². The fourth-order valence-electron chi connectivity index (χ4n) is 2.38. The minimum atomic E-state index is -0.161. The molecule has 1 aromatic rings. The van der Waals surface area contributed by atoms with Gasteiger partial charge in [0.2, 0.25) is 0 Å². The van der Waals surface area contributed by atoms with E-state index in [2.05, 4.69) is 25.9 Å². The molecule has 1 saturated carbocycles.